The lowest BCUT2D eigenvalue weighted by molar-refractivity contribution is -0.155. The zero-order valence-electron chi connectivity index (χ0n) is 10.3. The second-order valence-electron chi connectivity index (χ2n) is 5.02. The molecule has 1 atom stereocenters. The largest absolute Gasteiger partial charge is 0.376 e. The number of hydrogen-bond donors (Lipinski definition) is 1. The molecule has 1 aliphatic carbocycles. The Labute approximate surface area is 116 Å². The summed E-state index contributed by atoms with van der Waals surface area (Å²) in [7, 11) is 0. The predicted molar refractivity (Wildman–Crippen MR) is 73.6 cm³/mol. The van der Waals surface area contributed by atoms with Crippen LogP contribution in [0.1, 0.15) is 24.5 Å². The van der Waals surface area contributed by atoms with Crippen LogP contribution in [0.15, 0.2) is 28.7 Å². The van der Waals surface area contributed by atoms with Crippen molar-refractivity contribution in [3.63, 3.8) is 0 Å². The van der Waals surface area contributed by atoms with Crippen molar-refractivity contribution in [3.8, 4) is 0 Å². The molecule has 1 N–H and O–H groups in total. The van der Waals surface area contributed by atoms with Crippen molar-refractivity contribution in [1.82, 2.24) is 5.32 Å². The molecule has 1 aliphatic heterocycles. The number of rotatable bonds is 6. The highest BCUT2D eigenvalue weighted by Gasteiger charge is 2.27. The molecule has 1 aromatic rings. The Balaban J connectivity index is 1.65. The van der Waals surface area contributed by atoms with Crippen LogP contribution in [-0.4, -0.2) is 31.9 Å². The predicted octanol–water partition coefficient (Wildman–Crippen LogP) is 2.66. The Bertz CT molecular complexity index is 405. The van der Waals surface area contributed by atoms with Crippen molar-refractivity contribution < 1.29 is 9.47 Å². The highest BCUT2D eigenvalue weighted by Crippen LogP contribution is 2.26. The van der Waals surface area contributed by atoms with Gasteiger partial charge in [0.1, 0.15) is 6.10 Å². The van der Waals surface area contributed by atoms with Gasteiger partial charge in [-0.3, -0.25) is 0 Å². The molecule has 2 fully saturated rings. The van der Waals surface area contributed by atoms with Gasteiger partial charge in [-0.05, 0) is 30.5 Å². The topological polar surface area (TPSA) is 30.5 Å². The number of nitrogens with one attached hydrogen (secondary N) is 1. The summed E-state index contributed by atoms with van der Waals surface area (Å²) >= 11 is 3.52. The van der Waals surface area contributed by atoms with Gasteiger partial charge in [-0.1, -0.05) is 28.1 Å². The Morgan fingerprint density at radius 2 is 2.22 bits per heavy atom. The van der Waals surface area contributed by atoms with Gasteiger partial charge in [0.05, 0.1) is 19.3 Å². The first-order valence-corrected chi connectivity index (χ1v) is 7.32. The van der Waals surface area contributed by atoms with E-state index in [1.54, 1.807) is 0 Å². The van der Waals surface area contributed by atoms with Gasteiger partial charge in [-0.2, -0.15) is 0 Å². The second kappa shape index (κ2) is 5.70. The van der Waals surface area contributed by atoms with Gasteiger partial charge >= 0.3 is 0 Å². The molecular formula is C14H18BrNO2. The lowest BCUT2D eigenvalue weighted by Crippen LogP contribution is -2.39. The fourth-order valence-corrected chi connectivity index (χ4v) is 2.45. The molecule has 1 saturated carbocycles. The molecule has 0 radical (unpaired) electrons. The summed E-state index contributed by atoms with van der Waals surface area (Å²) in [6.07, 6.45) is 2.99. The van der Waals surface area contributed by atoms with Gasteiger partial charge in [-0.15, -0.1) is 0 Å². The SMILES string of the molecule is Brc1cccc(C(CNC2CC2)OC2COC2)c1. The lowest BCUT2D eigenvalue weighted by atomic mass is 10.1. The monoisotopic (exact) mass is 311 g/mol. The molecule has 0 bridgehead atoms. The van der Waals surface area contributed by atoms with Crippen LogP contribution in [0.5, 0.6) is 0 Å². The molecule has 1 aromatic carbocycles. The van der Waals surface area contributed by atoms with E-state index in [1.807, 2.05) is 6.07 Å². The summed E-state index contributed by atoms with van der Waals surface area (Å²) < 4.78 is 12.4. The van der Waals surface area contributed by atoms with Crippen LogP contribution in [0, 0.1) is 0 Å². The van der Waals surface area contributed by atoms with Crippen LogP contribution in [0.25, 0.3) is 0 Å². The van der Waals surface area contributed by atoms with E-state index in [0.29, 0.717) is 6.04 Å². The molecule has 1 saturated heterocycles. The van der Waals surface area contributed by atoms with Gasteiger partial charge in [0.15, 0.2) is 0 Å². The molecule has 18 heavy (non-hydrogen) atoms. The summed E-state index contributed by atoms with van der Waals surface area (Å²) in [4.78, 5) is 0. The van der Waals surface area contributed by atoms with E-state index in [0.717, 1.165) is 24.2 Å². The molecule has 0 amide bonds. The van der Waals surface area contributed by atoms with E-state index < -0.39 is 0 Å². The third kappa shape index (κ3) is 3.32. The minimum Gasteiger partial charge on any atom is -0.376 e. The van der Waals surface area contributed by atoms with E-state index in [9.17, 15) is 0 Å². The van der Waals surface area contributed by atoms with Crippen LogP contribution in [0.3, 0.4) is 0 Å². The highest BCUT2D eigenvalue weighted by molar-refractivity contribution is 9.10. The molecule has 1 unspecified atom stereocenters. The minimum atomic E-state index is 0.122. The van der Waals surface area contributed by atoms with Crippen molar-refractivity contribution in [2.75, 3.05) is 19.8 Å². The molecule has 1 heterocycles. The second-order valence-corrected chi connectivity index (χ2v) is 5.94. The van der Waals surface area contributed by atoms with Crippen molar-refractivity contribution in [2.24, 2.45) is 0 Å². The van der Waals surface area contributed by atoms with Crippen molar-refractivity contribution in [2.45, 2.75) is 31.1 Å². The Hall–Kier alpha value is -0.420. The molecule has 2 aliphatic rings. The fraction of sp³-hybridized carbons (Fsp3) is 0.571. The van der Waals surface area contributed by atoms with Crippen molar-refractivity contribution in [1.29, 1.82) is 0 Å². The van der Waals surface area contributed by atoms with Crippen molar-refractivity contribution in [3.05, 3.63) is 34.3 Å². The van der Waals surface area contributed by atoms with Gasteiger partial charge in [-0.25, -0.2) is 0 Å². The summed E-state index contributed by atoms with van der Waals surface area (Å²) in [5, 5.41) is 3.55. The summed E-state index contributed by atoms with van der Waals surface area (Å²) in [6.45, 7) is 2.35. The van der Waals surface area contributed by atoms with Crippen LogP contribution in [0.2, 0.25) is 0 Å². The number of benzene rings is 1. The average Bonchev–Trinajstić information content (AvgIpc) is 3.10. The Kier molecular flexibility index (Phi) is 3.99. The van der Waals surface area contributed by atoms with Crippen LogP contribution in [-0.2, 0) is 9.47 Å². The van der Waals surface area contributed by atoms with Gasteiger partial charge < -0.3 is 14.8 Å². The quantitative estimate of drug-likeness (QED) is 0.876. The summed E-state index contributed by atoms with van der Waals surface area (Å²) in [5.41, 5.74) is 1.23. The third-order valence-corrected chi connectivity index (χ3v) is 3.85. The number of hydrogen-bond acceptors (Lipinski definition) is 3. The lowest BCUT2D eigenvalue weighted by Gasteiger charge is -2.31. The number of ether oxygens (including phenoxy) is 2. The maximum atomic E-state index is 6.10. The average molecular weight is 312 g/mol. The number of halogens is 1. The molecule has 4 heteroatoms. The fourth-order valence-electron chi connectivity index (χ4n) is 2.04. The smallest absolute Gasteiger partial charge is 0.105 e. The van der Waals surface area contributed by atoms with E-state index in [2.05, 4.69) is 39.4 Å². The molecule has 0 aromatic heterocycles. The van der Waals surface area contributed by atoms with Gasteiger partial charge in [0.2, 0.25) is 0 Å². The summed E-state index contributed by atoms with van der Waals surface area (Å²) in [6, 6.07) is 9.08. The molecule has 98 valence electrons. The van der Waals surface area contributed by atoms with Crippen LogP contribution in [0.4, 0.5) is 0 Å². The molecule has 0 spiro atoms. The van der Waals surface area contributed by atoms with E-state index in [1.165, 1.54) is 18.4 Å². The van der Waals surface area contributed by atoms with Gasteiger partial charge in [0.25, 0.3) is 0 Å². The minimum absolute atomic E-state index is 0.122. The first-order valence-electron chi connectivity index (χ1n) is 6.53. The first-order chi connectivity index (χ1) is 8.81. The maximum absolute atomic E-state index is 6.10. The molecule has 3 nitrogen and oxygen atoms in total. The van der Waals surface area contributed by atoms with Gasteiger partial charge in [0, 0.05) is 17.1 Å². The zero-order chi connectivity index (χ0) is 12.4. The highest BCUT2D eigenvalue weighted by atomic mass is 79.9. The van der Waals surface area contributed by atoms with E-state index in [4.69, 9.17) is 9.47 Å². The maximum Gasteiger partial charge on any atom is 0.105 e. The first kappa shape index (κ1) is 12.6. The van der Waals surface area contributed by atoms with E-state index >= 15 is 0 Å². The van der Waals surface area contributed by atoms with Crippen LogP contribution >= 0.6 is 15.9 Å². The van der Waals surface area contributed by atoms with Crippen molar-refractivity contribution >= 4 is 15.9 Å². The summed E-state index contributed by atoms with van der Waals surface area (Å²) in [5.74, 6) is 0. The van der Waals surface area contributed by atoms with E-state index in [-0.39, 0.29) is 12.2 Å². The Morgan fingerprint density at radius 1 is 1.39 bits per heavy atom. The Morgan fingerprint density at radius 3 is 2.83 bits per heavy atom. The standard InChI is InChI=1S/C14H18BrNO2/c15-11-3-1-2-10(6-11)14(7-16-12-4-5-12)18-13-8-17-9-13/h1-3,6,12-14,16H,4-5,7-9H2. The third-order valence-electron chi connectivity index (χ3n) is 3.35. The zero-order valence-corrected chi connectivity index (χ0v) is 11.9. The van der Waals surface area contributed by atoms with Crippen LogP contribution < -0.4 is 5.32 Å². The normalized spacial score (nSPS) is 21.6. The molecular weight excluding hydrogens is 294 g/mol. The molecule has 3 rings (SSSR count).